The third kappa shape index (κ3) is 6.23. The number of pyridine rings is 1. The number of aryl methyl sites for hydroxylation is 3. The van der Waals surface area contributed by atoms with Gasteiger partial charge in [-0.15, -0.1) is 0 Å². The van der Waals surface area contributed by atoms with Gasteiger partial charge in [-0.3, -0.25) is 9.69 Å². The third-order valence-electron chi connectivity index (χ3n) is 9.71. The number of amides is 1. The number of hydrogen-bond donors (Lipinski definition) is 2. The minimum atomic E-state index is -3.97. The summed E-state index contributed by atoms with van der Waals surface area (Å²) >= 11 is 0. The predicted molar refractivity (Wildman–Crippen MR) is 191 cm³/mol. The molecule has 2 aliphatic rings. The normalized spacial score (nSPS) is 15.9. The van der Waals surface area contributed by atoms with Crippen LogP contribution < -0.4 is 4.90 Å². The summed E-state index contributed by atoms with van der Waals surface area (Å²) in [6, 6.07) is 20.3. The molecule has 0 aliphatic carbocycles. The monoisotopic (exact) mass is 679 g/mol. The largest absolute Gasteiger partial charge is 0.395 e. The second-order valence-electron chi connectivity index (χ2n) is 13.2. The van der Waals surface area contributed by atoms with E-state index in [2.05, 4.69) is 35.8 Å². The average molecular weight is 680 g/mol. The van der Waals surface area contributed by atoms with E-state index in [1.807, 2.05) is 25.1 Å². The van der Waals surface area contributed by atoms with Crippen molar-refractivity contribution in [3.05, 3.63) is 101 Å². The Labute approximate surface area is 286 Å². The first-order valence-corrected chi connectivity index (χ1v) is 18.1. The fraction of sp³-hybridized carbons (Fsp3) is 0.316. The number of carbonyl (C=O) groups is 1. The number of rotatable bonds is 8. The predicted octanol–water partition coefficient (Wildman–Crippen LogP) is 4.46. The van der Waals surface area contributed by atoms with Gasteiger partial charge in [-0.25, -0.2) is 17.4 Å². The van der Waals surface area contributed by atoms with E-state index in [4.69, 9.17) is 4.98 Å². The number of aliphatic hydroxyl groups is 2. The quantitative estimate of drug-likeness (QED) is 0.247. The highest BCUT2D eigenvalue weighted by Gasteiger charge is 2.30. The van der Waals surface area contributed by atoms with Crippen LogP contribution in [0.5, 0.6) is 0 Å². The summed E-state index contributed by atoms with van der Waals surface area (Å²) in [6.45, 7) is 11.3. The third-order valence-corrected chi connectivity index (χ3v) is 11.4. The zero-order valence-electron chi connectivity index (χ0n) is 28.0. The Morgan fingerprint density at radius 2 is 1.51 bits per heavy atom. The van der Waals surface area contributed by atoms with Crippen LogP contribution in [0.1, 0.15) is 27.0 Å². The molecule has 49 heavy (non-hydrogen) atoms. The minimum absolute atomic E-state index is 0.147. The van der Waals surface area contributed by atoms with E-state index < -0.39 is 16.1 Å². The molecule has 2 saturated heterocycles. The summed E-state index contributed by atoms with van der Waals surface area (Å²) in [7, 11) is -3.97. The molecule has 1 amide bonds. The fourth-order valence-electron chi connectivity index (χ4n) is 7.03. The Balaban J connectivity index is 1.29. The molecule has 0 atom stereocenters. The molecule has 5 aromatic rings. The molecule has 7 rings (SSSR count). The van der Waals surface area contributed by atoms with E-state index in [0.29, 0.717) is 41.8 Å². The molecule has 0 spiro atoms. The summed E-state index contributed by atoms with van der Waals surface area (Å²) in [5, 5.41) is 19.7. The van der Waals surface area contributed by atoms with Crippen LogP contribution in [-0.2, 0) is 10.0 Å². The van der Waals surface area contributed by atoms with Gasteiger partial charge in [-0.05, 0) is 85.5 Å². The van der Waals surface area contributed by atoms with E-state index in [1.54, 1.807) is 53.7 Å². The topological polar surface area (TPSA) is 119 Å². The SMILES string of the molecule is Cc1ccc(S(=O)(=O)n2cc(-c3ccc(C(=O)N4CC(O)C4)cc3)c3cc(-c4cc(C)c(N5CCN(CCO)CC5)c(C)c4)cnc32)cc1. The van der Waals surface area contributed by atoms with Crippen molar-refractivity contribution in [2.75, 3.05) is 57.3 Å². The number of aliphatic hydroxyl groups excluding tert-OH is 2. The molecule has 2 aromatic heterocycles. The first-order chi connectivity index (χ1) is 23.5. The van der Waals surface area contributed by atoms with E-state index >= 15 is 0 Å². The maximum Gasteiger partial charge on any atom is 0.269 e. The van der Waals surface area contributed by atoms with Gasteiger partial charge < -0.3 is 20.0 Å². The van der Waals surface area contributed by atoms with Gasteiger partial charge >= 0.3 is 0 Å². The lowest BCUT2D eigenvalue weighted by Crippen LogP contribution is -2.53. The molecule has 0 saturated carbocycles. The van der Waals surface area contributed by atoms with E-state index in [0.717, 1.165) is 59.6 Å². The second-order valence-corrected chi connectivity index (χ2v) is 15.0. The number of nitrogens with zero attached hydrogens (tertiary/aromatic N) is 5. The lowest BCUT2D eigenvalue weighted by Gasteiger charge is -2.37. The Hall–Kier alpha value is -4.55. The van der Waals surface area contributed by atoms with Crippen LogP contribution in [0.25, 0.3) is 33.3 Å². The fourth-order valence-corrected chi connectivity index (χ4v) is 8.35. The van der Waals surface area contributed by atoms with Crippen LogP contribution in [0.3, 0.4) is 0 Å². The Kier molecular flexibility index (Phi) is 8.78. The van der Waals surface area contributed by atoms with Gasteiger partial charge in [0, 0.05) is 86.0 Å². The summed E-state index contributed by atoms with van der Waals surface area (Å²) in [5.41, 5.74) is 8.61. The van der Waals surface area contributed by atoms with Crippen molar-refractivity contribution in [3.8, 4) is 22.3 Å². The number of likely N-dealkylation sites (tertiary alicyclic amines) is 1. The van der Waals surface area contributed by atoms with Gasteiger partial charge in [0.1, 0.15) is 0 Å². The lowest BCUT2D eigenvalue weighted by atomic mass is 9.97. The molecule has 2 fully saturated rings. The van der Waals surface area contributed by atoms with E-state index in [9.17, 15) is 23.4 Å². The zero-order chi connectivity index (χ0) is 34.4. The summed E-state index contributed by atoms with van der Waals surface area (Å²) < 4.78 is 29.3. The first kappa shape index (κ1) is 33.0. The van der Waals surface area contributed by atoms with Gasteiger partial charge in [0.25, 0.3) is 15.9 Å². The number of fused-ring (bicyclic) bond motifs is 1. The maximum absolute atomic E-state index is 14.0. The minimum Gasteiger partial charge on any atom is -0.395 e. The van der Waals surface area contributed by atoms with E-state index in [-0.39, 0.29) is 17.4 Å². The number of anilines is 1. The van der Waals surface area contributed by atoms with Crippen molar-refractivity contribution in [2.24, 2.45) is 0 Å². The first-order valence-electron chi connectivity index (χ1n) is 16.6. The standard InChI is InChI=1S/C38H41N5O5S/c1-25-4-10-33(11-5-25)49(47,48)43-24-35(28-6-8-29(9-7-28)38(46)42-22-32(45)23-42)34-20-31(21-39-37(34)43)30-18-26(2)36(27(3)19-30)41-14-12-40(13-15-41)16-17-44/h4-11,18-21,24,32,44-45H,12-17,22-23H2,1-3H3. The van der Waals surface area contributed by atoms with E-state index in [1.165, 1.54) is 9.66 Å². The molecule has 11 heteroatoms. The van der Waals surface area contributed by atoms with Crippen LogP contribution in [0.4, 0.5) is 5.69 Å². The molecule has 0 unspecified atom stereocenters. The van der Waals surface area contributed by atoms with Crippen molar-refractivity contribution < 1.29 is 23.4 Å². The van der Waals surface area contributed by atoms with Crippen molar-refractivity contribution in [1.29, 1.82) is 0 Å². The van der Waals surface area contributed by atoms with Gasteiger partial charge in [-0.1, -0.05) is 29.8 Å². The molecule has 2 aliphatic heterocycles. The number of β-amino-alcohol motifs (C(OH)–C–C–N with tert-alkyl or cyclic N) is 2. The Morgan fingerprint density at radius 1 is 0.857 bits per heavy atom. The molecule has 10 nitrogen and oxygen atoms in total. The Morgan fingerprint density at radius 3 is 2.12 bits per heavy atom. The number of piperazine rings is 1. The van der Waals surface area contributed by atoms with Crippen molar-refractivity contribution in [1.82, 2.24) is 18.8 Å². The number of carbonyl (C=O) groups excluding carboxylic acids is 1. The van der Waals surface area contributed by atoms with Crippen molar-refractivity contribution in [3.63, 3.8) is 0 Å². The lowest BCUT2D eigenvalue weighted by molar-refractivity contribution is 0.00589. The Bertz CT molecular complexity index is 2110. The van der Waals surface area contributed by atoms with Gasteiger partial charge in [-0.2, -0.15) is 0 Å². The number of benzene rings is 3. The molecule has 254 valence electrons. The molecular formula is C38H41N5O5S. The van der Waals surface area contributed by atoms with Crippen LogP contribution in [0.15, 0.2) is 84.0 Å². The summed E-state index contributed by atoms with van der Waals surface area (Å²) in [5.74, 6) is -0.147. The average Bonchev–Trinajstić information content (AvgIpc) is 3.47. The van der Waals surface area contributed by atoms with Gasteiger partial charge in [0.15, 0.2) is 5.65 Å². The maximum atomic E-state index is 14.0. The van der Waals surface area contributed by atoms with Gasteiger partial charge in [0.05, 0.1) is 17.6 Å². The summed E-state index contributed by atoms with van der Waals surface area (Å²) in [6.07, 6.45) is 2.87. The van der Waals surface area contributed by atoms with Crippen LogP contribution in [0, 0.1) is 20.8 Å². The molecule has 0 radical (unpaired) electrons. The van der Waals surface area contributed by atoms with Crippen LogP contribution in [0.2, 0.25) is 0 Å². The second kappa shape index (κ2) is 13.1. The van der Waals surface area contributed by atoms with Gasteiger partial charge in [0.2, 0.25) is 0 Å². The highest BCUT2D eigenvalue weighted by molar-refractivity contribution is 7.90. The molecule has 4 heterocycles. The van der Waals surface area contributed by atoms with Crippen molar-refractivity contribution in [2.45, 2.75) is 31.8 Å². The smallest absolute Gasteiger partial charge is 0.269 e. The highest BCUT2D eigenvalue weighted by Crippen LogP contribution is 2.37. The molecule has 0 bridgehead atoms. The zero-order valence-corrected chi connectivity index (χ0v) is 28.8. The van der Waals surface area contributed by atoms with Crippen molar-refractivity contribution >= 4 is 32.7 Å². The summed E-state index contributed by atoms with van der Waals surface area (Å²) in [4.78, 5) is 24.1. The number of hydrogen-bond acceptors (Lipinski definition) is 8. The van der Waals surface area contributed by atoms with Crippen LogP contribution in [-0.4, -0.2) is 102 Å². The number of aromatic nitrogens is 2. The molecule has 3 aromatic carbocycles. The molecular weight excluding hydrogens is 639 g/mol. The van der Waals surface area contributed by atoms with Crippen LogP contribution >= 0.6 is 0 Å². The molecule has 2 N–H and O–H groups in total. The highest BCUT2D eigenvalue weighted by atomic mass is 32.2.